The second-order valence-corrected chi connectivity index (χ2v) is 10.7. The first-order valence-electron chi connectivity index (χ1n) is 13.2. The van der Waals surface area contributed by atoms with Crippen LogP contribution >= 0.6 is 0 Å². The zero-order valence-corrected chi connectivity index (χ0v) is 21.4. The summed E-state index contributed by atoms with van der Waals surface area (Å²) in [4.78, 5) is 42.9. The monoisotopic (exact) mass is 503 g/mol. The third-order valence-electron chi connectivity index (χ3n) is 7.80. The lowest BCUT2D eigenvalue weighted by Gasteiger charge is -2.31. The van der Waals surface area contributed by atoms with Crippen molar-refractivity contribution in [2.45, 2.75) is 56.6 Å². The van der Waals surface area contributed by atoms with Gasteiger partial charge < -0.3 is 19.5 Å². The number of ether oxygens (including phenoxy) is 1. The molecule has 1 unspecified atom stereocenters. The van der Waals surface area contributed by atoms with Crippen LogP contribution in [0.3, 0.4) is 0 Å². The van der Waals surface area contributed by atoms with E-state index in [4.69, 9.17) is 9.72 Å². The Hall–Kier alpha value is -3.53. The van der Waals surface area contributed by atoms with Gasteiger partial charge in [0, 0.05) is 44.0 Å². The van der Waals surface area contributed by atoms with Crippen molar-refractivity contribution in [2.24, 2.45) is 0 Å². The normalized spacial score (nSPS) is 22.2. The Morgan fingerprint density at radius 2 is 2.03 bits per heavy atom. The molecule has 1 spiro atoms. The van der Waals surface area contributed by atoms with Crippen molar-refractivity contribution in [1.29, 1.82) is 0 Å². The summed E-state index contributed by atoms with van der Waals surface area (Å²) in [6.07, 6.45) is 9.97. The molecular weight excluding hydrogens is 470 g/mol. The number of anilines is 1. The van der Waals surface area contributed by atoms with Gasteiger partial charge >= 0.3 is 6.09 Å². The van der Waals surface area contributed by atoms with Crippen molar-refractivity contribution in [2.75, 3.05) is 38.6 Å². The van der Waals surface area contributed by atoms with E-state index in [0.717, 1.165) is 67.5 Å². The SMILES string of the molecule is CN(C)C(=O)c1cc2cnc(Cc3ccc(N4CC5(CCCNC5)OC4=O)cn3)nc2n1C1CCCC1. The molecule has 0 radical (unpaired) electrons. The lowest BCUT2D eigenvalue weighted by molar-refractivity contribution is 0.0366. The first kappa shape index (κ1) is 23.8. The number of nitrogens with zero attached hydrogens (tertiary/aromatic N) is 6. The highest BCUT2D eigenvalue weighted by atomic mass is 16.6. The van der Waals surface area contributed by atoms with Crippen molar-refractivity contribution in [3.63, 3.8) is 0 Å². The Bertz CT molecular complexity index is 1320. The van der Waals surface area contributed by atoms with E-state index in [1.807, 2.05) is 24.4 Å². The van der Waals surface area contributed by atoms with Crippen molar-refractivity contribution in [1.82, 2.24) is 29.7 Å². The molecule has 6 rings (SSSR count). The average molecular weight is 504 g/mol. The molecule has 37 heavy (non-hydrogen) atoms. The molecule has 3 aromatic rings. The number of hydrogen-bond donors (Lipinski definition) is 1. The molecule has 10 heteroatoms. The van der Waals surface area contributed by atoms with E-state index >= 15 is 0 Å². The maximum Gasteiger partial charge on any atom is 0.415 e. The van der Waals surface area contributed by atoms with Gasteiger partial charge in [-0.2, -0.15) is 0 Å². The van der Waals surface area contributed by atoms with Crippen LogP contribution in [0.4, 0.5) is 10.5 Å². The Balaban J connectivity index is 1.24. The van der Waals surface area contributed by atoms with Crippen LogP contribution in [0.1, 0.15) is 66.6 Å². The largest absolute Gasteiger partial charge is 0.439 e. The highest BCUT2D eigenvalue weighted by Gasteiger charge is 2.46. The second-order valence-electron chi connectivity index (χ2n) is 10.7. The third-order valence-corrected chi connectivity index (χ3v) is 7.80. The molecule has 3 aromatic heterocycles. The highest BCUT2D eigenvalue weighted by Crippen LogP contribution is 2.35. The van der Waals surface area contributed by atoms with Gasteiger partial charge in [-0.1, -0.05) is 12.8 Å². The number of fused-ring (bicyclic) bond motifs is 1. The quantitative estimate of drug-likeness (QED) is 0.569. The molecule has 1 saturated carbocycles. The number of carbonyl (C=O) groups excluding carboxylic acids is 2. The number of aromatic nitrogens is 4. The van der Waals surface area contributed by atoms with Gasteiger partial charge in [0.25, 0.3) is 5.91 Å². The van der Waals surface area contributed by atoms with Crippen molar-refractivity contribution >= 4 is 28.7 Å². The molecule has 3 fully saturated rings. The van der Waals surface area contributed by atoms with E-state index in [2.05, 4.69) is 19.9 Å². The van der Waals surface area contributed by atoms with Crippen LogP contribution in [0.25, 0.3) is 11.0 Å². The molecule has 2 aliphatic heterocycles. The molecule has 1 N–H and O–H groups in total. The highest BCUT2D eigenvalue weighted by molar-refractivity contribution is 5.97. The van der Waals surface area contributed by atoms with E-state index in [1.54, 1.807) is 30.1 Å². The second kappa shape index (κ2) is 9.41. The zero-order valence-electron chi connectivity index (χ0n) is 21.4. The van der Waals surface area contributed by atoms with Crippen LogP contribution in [0.15, 0.2) is 30.6 Å². The number of amides is 2. The molecule has 0 bridgehead atoms. The zero-order chi connectivity index (χ0) is 25.6. The maximum absolute atomic E-state index is 12.9. The summed E-state index contributed by atoms with van der Waals surface area (Å²) >= 11 is 0. The molecule has 1 aliphatic carbocycles. The maximum atomic E-state index is 12.9. The minimum absolute atomic E-state index is 0.0186. The predicted octanol–water partition coefficient (Wildman–Crippen LogP) is 3.31. The molecule has 3 aliphatic rings. The molecule has 2 saturated heterocycles. The van der Waals surface area contributed by atoms with E-state index < -0.39 is 5.60 Å². The molecule has 5 heterocycles. The molecule has 2 amide bonds. The van der Waals surface area contributed by atoms with Gasteiger partial charge in [0.1, 0.15) is 22.8 Å². The third kappa shape index (κ3) is 4.43. The van der Waals surface area contributed by atoms with Crippen LogP contribution in [-0.4, -0.2) is 75.8 Å². The minimum atomic E-state index is -0.446. The Labute approximate surface area is 216 Å². The van der Waals surface area contributed by atoms with Crippen LogP contribution in [0.5, 0.6) is 0 Å². The predicted molar refractivity (Wildman–Crippen MR) is 139 cm³/mol. The summed E-state index contributed by atoms with van der Waals surface area (Å²) < 4.78 is 7.88. The first-order valence-corrected chi connectivity index (χ1v) is 13.2. The minimum Gasteiger partial charge on any atom is -0.439 e. The molecule has 10 nitrogen and oxygen atoms in total. The average Bonchev–Trinajstić information content (AvgIpc) is 3.62. The Morgan fingerprint density at radius 3 is 2.73 bits per heavy atom. The fourth-order valence-corrected chi connectivity index (χ4v) is 5.88. The number of carbonyl (C=O) groups is 2. The summed E-state index contributed by atoms with van der Waals surface area (Å²) in [6.45, 7) is 2.18. The standard InChI is InChI=1S/C27H33N7O3/c1-32(2)25(35)22-12-18-14-30-23(31-24(18)34(22)20-6-3-4-7-20)13-19-8-9-21(15-29-19)33-17-27(37-26(33)36)10-5-11-28-16-27/h8-9,12,14-15,20,28H,3-7,10-11,13,16-17H2,1-2H3. The van der Waals surface area contributed by atoms with Gasteiger partial charge in [-0.25, -0.2) is 14.8 Å². The van der Waals surface area contributed by atoms with E-state index in [-0.39, 0.29) is 18.0 Å². The smallest absolute Gasteiger partial charge is 0.415 e. The van der Waals surface area contributed by atoms with E-state index in [0.29, 0.717) is 31.0 Å². The fourth-order valence-electron chi connectivity index (χ4n) is 5.88. The summed E-state index contributed by atoms with van der Waals surface area (Å²) in [7, 11) is 3.55. The van der Waals surface area contributed by atoms with Gasteiger partial charge in [0.2, 0.25) is 0 Å². The van der Waals surface area contributed by atoms with Crippen LogP contribution in [0.2, 0.25) is 0 Å². The van der Waals surface area contributed by atoms with Crippen LogP contribution < -0.4 is 10.2 Å². The van der Waals surface area contributed by atoms with Crippen LogP contribution in [-0.2, 0) is 11.2 Å². The number of hydrogen-bond acceptors (Lipinski definition) is 7. The summed E-state index contributed by atoms with van der Waals surface area (Å²) in [5.74, 6) is 0.636. The summed E-state index contributed by atoms with van der Waals surface area (Å²) in [5.41, 5.74) is 2.58. The van der Waals surface area contributed by atoms with Crippen LogP contribution in [0, 0.1) is 0 Å². The number of nitrogens with one attached hydrogen (secondary N) is 1. The fraction of sp³-hybridized carbons (Fsp3) is 0.519. The summed E-state index contributed by atoms with van der Waals surface area (Å²) in [6, 6.07) is 6.01. The lowest BCUT2D eigenvalue weighted by Crippen LogP contribution is -2.48. The van der Waals surface area contributed by atoms with Crippen molar-refractivity contribution in [3.05, 3.63) is 47.8 Å². The van der Waals surface area contributed by atoms with E-state index in [1.165, 1.54) is 0 Å². The summed E-state index contributed by atoms with van der Waals surface area (Å²) in [5, 5.41) is 4.22. The number of piperidine rings is 1. The molecular formula is C27H33N7O3. The van der Waals surface area contributed by atoms with E-state index in [9.17, 15) is 9.59 Å². The topological polar surface area (TPSA) is 105 Å². The first-order chi connectivity index (χ1) is 17.9. The van der Waals surface area contributed by atoms with Gasteiger partial charge in [-0.05, 0) is 50.4 Å². The molecule has 1 atom stereocenters. The Kier molecular flexibility index (Phi) is 6.06. The van der Waals surface area contributed by atoms with Gasteiger partial charge in [0.15, 0.2) is 0 Å². The van der Waals surface area contributed by atoms with Gasteiger partial charge in [-0.3, -0.25) is 14.7 Å². The van der Waals surface area contributed by atoms with Crippen molar-refractivity contribution in [3.8, 4) is 0 Å². The van der Waals surface area contributed by atoms with Gasteiger partial charge in [-0.15, -0.1) is 0 Å². The number of rotatable bonds is 5. The van der Waals surface area contributed by atoms with Crippen molar-refractivity contribution < 1.29 is 14.3 Å². The number of pyridine rings is 1. The molecule has 0 aromatic carbocycles. The molecule has 194 valence electrons. The Morgan fingerprint density at radius 1 is 1.19 bits per heavy atom. The van der Waals surface area contributed by atoms with Gasteiger partial charge in [0.05, 0.1) is 24.8 Å². The lowest BCUT2D eigenvalue weighted by atomic mass is 9.94.